The zero-order valence-corrected chi connectivity index (χ0v) is 45.4. The number of amides is 2. The Balaban J connectivity index is 0.792. The van der Waals surface area contributed by atoms with Crippen LogP contribution in [0.1, 0.15) is 61.8 Å². The molecule has 2 amide bonds. The van der Waals surface area contributed by atoms with Gasteiger partial charge >= 0.3 is 24.2 Å². The van der Waals surface area contributed by atoms with Crippen molar-refractivity contribution in [1.82, 2.24) is 29.3 Å². The molecular formula is C56H46ClF7N10O8S. The van der Waals surface area contributed by atoms with Crippen molar-refractivity contribution in [3.05, 3.63) is 110 Å². The largest absolute Gasteiger partial charge is 0.461 e. The van der Waals surface area contributed by atoms with E-state index in [0.717, 1.165) is 40.9 Å². The molecule has 83 heavy (non-hydrogen) atoms. The van der Waals surface area contributed by atoms with Crippen LogP contribution >= 0.6 is 22.9 Å². The molecule has 27 heteroatoms. The Bertz CT molecular complexity index is 4120. The fourth-order valence-electron chi connectivity index (χ4n) is 12.3. The SMILES string of the molecule is C=C(C(=O)N1CCN(c2nc(OC[C@@]34CCCN3C[C@H](F)C4)nc3c(F)c(-c4ccc(F)c5sc(N)c(C#N)c45)c(Cl)cc23)[C@@H](C)C1)[C@H](OC(=O)Nc1cc2cc3c(nc2cc1F)-c1cc2c(c(=O)n1C3)COC(=O)[C@]2(O)CC)C(F)(F)F. The minimum atomic E-state index is -5.41. The van der Waals surface area contributed by atoms with Crippen molar-refractivity contribution < 1.29 is 64.4 Å². The zero-order valence-electron chi connectivity index (χ0n) is 43.9. The van der Waals surface area contributed by atoms with Crippen molar-refractivity contribution >= 4 is 89.3 Å². The Morgan fingerprint density at radius 3 is 2.60 bits per heavy atom. The number of aromatic nitrogens is 4. The summed E-state index contributed by atoms with van der Waals surface area (Å²) in [5.41, 5.74) is 1.39. The molecule has 3 saturated heterocycles. The zero-order chi connectivity index (χ0) is 58.9. The van der Waals surface area contributed by atoms with Crippen molar-refractivity contribution in [2.75, 3.05) is 55.3 Å². The number of carbonyl (C=O) groups is 3. The lowest BCUT2D eigenvalue weighted by Gasteiger charge is -2.41. The van der Waals surface area contributed by atoms with Gasteiger partial charge in [0.05, 0.1) is 61.1 Å². The first-order chi connectivity index (χ1) is 39.4. The average molecular weight is 1190 g/mol. The number of halogens is 8. The normalized spacial score (nSPS) is 21.6. The number of anilines is 3. The number of thiophene rings is 1. The van der Waals surface area contributed by atoms with Gasteiger partial charge in [0.2, 0.25) is 6.10 Å². The third-order valence-electron chi connectivity index (χ3n) is 16.4. The number of hydrogen-bond acceptors (Lipinski definition) is 16. The Morgan fingerprint density at radius 1 is 1.08 bits per heavy atom. The number of nitrogen functional groups attached to an aromatic ring is 1. The predicted molar refractivity (Wildman–Crippen MR) is 290 cm³/mol. The number of nitrogens with zero attached hydrogens (tertiary/aromatic N) is 8. The predicted octanol–water partition coefficient (Wildman–Crippen LogP) is 9.16. The van der Waals surface area contributed by atoms with E-state index < -0.39 is 87.9 Å². The van der Waals surface area contributed by atoms with Crippen molar-refractivity contribution in [2.24, 2.45) is 0 Å². The van der Waals surface area contributed by atoms with Crippen LogP contribution in [-0.2, 0) is 37.8 Å². The molecule has 0 aliphatic carbocycles. The molecule has 0 saturated carbocycles. The lowest BCUT2D eigenvalue weighted by atomic mass is 9.86. The van der Waals surface area contributed by atoms with E-state index in [1.54, 1.807) is 18.7 Å². The smallest absolute Gasteiger partial charge is 0.430 e. The molecule has 4 aromatic heterocycles. The molecule has 0 bridgehead atoms. The summed E-state index contributed by atoms with van der Waals surface area (Å²) in [5, 5.41) is 23.2. The van der Waals surface area contributed by atoms with Crippen molar-refractivity contribution in [3.63, 3.8) is 0 Å². The molecule has 3 fully saturated rings. The minimum absolute atomic E-state index is 0.00607. The number of ether oxygens (including phenoxy) is 3. The number of aliphatic hydroxyl groups is 1. The van der Waals surface area contributed by atoms with E-state index in [4.69, 9.17) is 36.5 Å². The number of nitrogens with one attached hydrogen (secondary N) is 1. The summed E-state index contributed by atoms with van der Waals surface area (Å²) in [5.74, 6) is -4.99. The maximum atomic E-state index is 17.5. The van der Waals surface area contributed by atoms with Gasteiger partial charge < -0.3 is 39.4 Å². The average Bonchev–Trinajstić information content (AvgIpc) is 2.01. The highest BCUT2D eigenvalue weighted by Crippen LogP contribution is 2.47. The maximum Gasteiger partial charge on any atom is 0.430 e. The van der Waals surface area contributed by atoms with Crippen LogP contribution in [0, 0.1) is 28.8 Å². The summed E-state index contributed by atoms with van der Waals surface area (Å²) in [6.07, 6.45) is -10.1. The van der Waals surface area contributed by atoms with Gasteiger partial charge in [0.15, 0.2) is 11.4 Å². The standard InChI is InChI=1S/C56H46ClF7N10O8S/c1-4-55(79)33-15-39-43-27(20-74(39)50(76)32(33)22-80-51(55)77)12-26-13-38(36(60)16-37(26)67-43)68-53(78)82-46(56(62,63)64)25(3)49(75)71-10-11-73(24(2)19-71)48-30-14-34(57)41(29-6-7-35(59)45-40(29)31(18-65)47(66)83-45)42(61)44(30)69-52(70-48)81-23-54-8-5-9-72(54)21-28(58)17-54/h6-7,12-16,24,28,46,79H,3-5,8-11,17,19-23,66H2,1-2H3,(H,68,78)/t24-,28+,46-,54-,55-/m0/s1. The van der Waals surface area contributed by atoms with Crippen LogP contribution in [0.3, 0.4) is 0 Å². The Morgan fingerprint density at radius 2 is 1.87 bits per heavy atom. The quantitative estimate of drug-likeness (QED) is 0.0658. The molecule has 430 valence electrons. The molecule has 12 rings (SSSR count). The second-order valence-corrected chi connectivity index (χ2v) is 22.7. The van der Waals surface area contributed by atoms with Gasteiger partial charge in [0.1, 0.15) is 53.4 Å². The number of cyclic esters (lactones) is 1. The number of hydrogen-bond donors (Lipinski definition) is 3. The van der Waals surface area contributed by atoms with E-state index >= 15 is 13.2 Å². The monoisotopic (exact) mass is 1190 g/mol. The number of fused-ring (bicyclic) bond motifs is 8. The summed E-state index contributed by atoms with van der Waals surface area (Å²) < 4.78 is 125. The van der Waals surface area contributed by atoms with Gasteiger partial charge in [-0.3, -0.25) is 19.8 Å². The molecule has 0 unspecified atom stereocenters. The number of nitrogens with two attached hydrogens (primary N) is 1. The number of benzene rings is 3. The lowest BCUT2D eigenvalue weighted by Crippen LogP contribution is -2.55. The van der Waals surface area contributed by atoms with Gasteiger partial charge in [-0.05, 0) is 68.6 Å². The Kier molecular flexibility index (Phi) is 13.4. The number of rotatable bonds is 10. The van der Waals surface area contributed by atoms with E-state index in [1.165, 1.54) is 28.8 Å². The van der Waals surface area contributed by atoms with Crippen LogP contribution in [0.2, 0.25) is 5.02 Å². The van der Waals surface area contributed by atoms with E-state index in [9.17, 15) is 47.1 Å². The molecule has 7 aromatic rings. The third-order valence-corrected chi connectivity index (χ3v) is 17.7. The van der Waals surface area contributed by atoms with Crippen LogP contribution in [0.15, 0.2) is 59.4 Å². The van der Waals surface area contributed by atoms with Crippen LogP contribution in [0.25, 0.3) is 54.4 Å². The number of esters is 1. The number of nitriles is 1. The number of alkyl halides is 4. The van der Waals surface area contributed by atoms with Crippen LogP contribution in [0.4, 0.5) is 52.0 Å². The van der Waals surface area contributed by atoms with Gasteiger partial charge in [-0.15, -0.1) is 11.3 Å². The maximum absolute atomic E-state index is 17.5. The van der Waals surface area contributed by atoms with Gasteiger partial charge in [-0.25, -0.2) is 32.1 Å². The van der Waals surface area contributed by atoms with Gasteiger partial charge in [0.25, 0.3) is 11.5 Å². The van der Waals surface area contributed by atoms with E-state index in [2.05, 4.69) is 16.5 Å². The molecular weight excluding hydrogens is 1140 g/mol. The van der Waals surface area contributed by atoms with Gasteiger partial charge in [-0.1, -0.05) is 31.2 Å². The fraction of sp³-hybridized carbons (Fsp3) is 0.357. The molecule has 5 aliphatic rings. The van der Waals surface area contributed by atoms with Crippen molar-refractivity contribution in [3.8, 4) is 34.6 Å². The molecule has 4 N–H and O–H groups in total. The Labute approximate surface area is 474 Å². The third kappa shape index (κ3) is 9.01. The second kappa shape index (κ2) is 20.1. The highest BCUT2D eigenvalue weighted by Gasteiger charge is 2.51. The summed E-state index contributed by atoms with van der Waals surface area (Å²) >= 11 is 7.71. The van der Waals surface area contributed by atoms with E-state index in [0.29, 0.717) is 18.5 Å². The fourth-order valence-corrected chi connectivity index (χ4v) is 13.5. The van der Waals surface area contributed by atoms with Crippen LogP contribution in [0.5, 0.6) is 6.01 Å². The molecule has 9 heterocycles. The summed E-state index contributed by atoms with van der Waals surface area (Å²) in [6, 6.07) is 9.53. The molecule has 0 spiro atoms. The van der Waals surface area contributed by atoms with Crippen LogP contribution < -0.4 is 26.2 Å². The highest BCUT2D eigenvalue weighted by molar-refractivity contribution is 7.23. The van der Waals surface area contributed by atoms with E-state index in [1.807, 2.05) is 16.3 Å². The first-order valence-electron chi connectivity index (χ1n) is 26.2. The second-order valence-electron chi connectivity index (χ2n) is 21.3. The summed E-state index contributed by atoms with van der Waals surface area (Å²) in [7, 11) is 0. The van der Waals surface area contributed by atoms with Gasteiger partial charge in [-0.2, -0.15) is 28.4 Å². The molecule has 5 aliphatic heterocycles. The van der Waals surface area contributed by atoms with Gasteiger partial charge in [0, 0.05) is 77.6 Å². The van der Waals surface area contributed by atoms with Crippen molar-refractivity contribution in [1.29, 1.82) is 5.26 Å². The molecule has 3 aromatic carbocycles. The van der Waals surface area contributed by atoms with E-state index in [-0.39, 0.29) is 152 Å². The molecule has 18 nitrogen and oxygen atoms in total. The number of carbonyl (C=O) groups excluding carboxylic acids is 3. The summed E-state index contributed by atoms with van der Waals surface area (Å²) in [6.45, 7) is 6.21. The molecule has 0 radical (unpaired) electrons. The first kappa shape index (κ1) is 55.4. The Hall–Kier alpha value is -8.12. The minimum Gasteiger partial charge on any atom is -0.461 e. The summed E-state index contributed by atoms with van der Waals surface area (Å²) in [4.78, 5) is 71.9. The highest BCUT2D eigenvalue weighted by atomic mass is 35.5. The number of piperazine rings is 1. The lowest BCUT2D eigenvalue weighted by molar-refractivity contribution is -0.192. The van der Waals surface area contributed by atoms with Crippen molar-refractivity contribution in [2.45, 2.75) is 88.3 Å². The number of pyridine rings is 2. The topological polar surface area (TPSA) is 231 Å². The molecule has 5 atom stereocenters. The van der Waals surface area contributed by atoms with Crippen LogP contribution in [-0.4, -0.2) is 122 Å². The first-order valence-corrected chi connectivity index (χ1v) is 27.3.